The summed E-state index contributed by atoms with van der Waals surface area (Å²) in [5.74, 6) is 0. The summed E-state index contributed by atoms with van der Waals surface area (Å²) in [6.07, 6.45) is 1.73. The first-order valence-corrected chi connectivity index (χ1v) is 8.43. The molecule has 1 aromatic carbocycles. The molecule has 0 atom stereocenters. The molecule has 0 aliphatic heterocycles. The number of nitrogens with two attached hydrogens (primary N) is 1. The molecule has 2 aromatic rings. The monoisotopic (exact) mass is 311 g/mol. The lowest BCUT2D eigenvalue weighted by Gasteiger charge is -2.09. The largest absolute Gasteiger partial charge is 0.326 e. The molecule has 108 valence electrons. The van der Waals surface area contributed by atoms with Crippen molar-refractivity contribution in [2.75, 3.05) is 0 Å². The number of aromatic nitrogens is 1. The number of thiazole rings is 1. The van der Waals surface area contributed by atoms with Gasteiger partial charge < -0.3 is 5.73 Å². The molecule has 0 radical (unpaired) electrons. The van der Waals surface area contributed by atoms with E-state index in [2.05, 4.69) is 9.71 Å². The Labute approximate surface area is 122 Å². The molecule has 1 heterocycles. The molecule has 0 spiro atoms. The highest BCUT2D eigenvalue weighted by atomic mass is 32.2. The van der Waals surface area contributed by atoms with E-state index >= 15 is 0 Å². The number of rotatable bonds is 5. The van der Waals surface area contributed by atoms with Crippen molar-refractivity contribution in [1.82, 2.24) is 9.71 Å². The van der Waals surface area contributed by atoms with E-state index in [1.54, 1.807) is 25.3 Å². The Hall–Kier alpha value is -1.28. The average Bonchev–Trinajstić information content (AvgIpc) is 2.83. The zero-order chi connectivity index (χ0) is 14.8. The fourth-order valence-corrected chi connectivity index (χ4v) is 3.88. The summed E-state index contributed by atoms with van der Waals surface area (Å²) in [4.78, 5) is 5.47. The van der Waals surface area contributed by atoms with Crippen LogP contribution in [0, 0.1) is 13.8 Å². The van der Waals surface area contributed by atoms with E-state index in [1.807, 2.05) is 13.0 Å². The molecule has 0 saturated carbocycles. The van der Waals surface area contributed by atoms with Crippen LogP contribution in [0.1, 0.15) is 21.0 Å². The van der Waals surface area contributed by atoms with Gasteiger partial charge in [0.15, 0.2) is 0 Å². The zero-order valence-electron chi connectivity index (χ0n) is 11.4. The van der Waals surface area contributed by atoms with Crippen LogP contribution in [0.4, 0.5) is 0 Å². The van der Waals surface area contributed by atoms with Crippen LogP contribution in [0.3, 0.4) is 0 Å². The molecule has 1 aromatic heterocycles. The molecular weight excluding hydrogens is 294 g/mol. The Morgan fingerprint density at radius 1 is 1.35 bits per heavy atom. The van der Waals surface area contributed by atoms with Gasteiger partial charge in [-0.05, 0) is 31.0 Å². The molecular formula is C13H17N3O2S2. The van der Waals surface area contributed by atoms with E-state index in [0.29, 0.717) is 12.1 Å². The van der Waals surface area contributed by atoms with Crippen LogP contribution in [0.25, 0.3) is 0 Å². The Morgan fingerprint density at radius 2 is 2.10 bits per heavy atom. The quantitative estimate of drug-likeness (QED) is 0.880. The summed E-state index contributed by atoms with van der Waals surface area (Å²) in [6.45, 7) is 4.22. The first-order valence-electron chi connectivity index (χ1n) is 6.13. The van der Waals surface area contributed by atoms with Gasteiger partial charge in [0.05, 0.1) is 11.4 Å². The third-order valence-electron chi connectivity index (χ3n) is 2.86. The minimum Gasteiger partial charge on any atom is -0.326 e. The Bertz CT molecular complexity index is 708. The maximum Gasteiger partial charge on any atom is 0.241 e. The van der Waals surface area contributed by atoms with Crippen LogP contribution >= 0.6 is 11.3 Å². The molecule has 7 heteroatoms. The second-order valence-electron chi connectivity index (χ2n) is 4.49. The van der Waals surface area contributed by atoms with Crippen LogP contribution in [0.5, 0.6) is 0 Å². The van der Waals surface area contributed by atoms with Gasteiger partial charge in [-0.25, -0.2) is 18.1 Å². The maximum absolute atomic E-state index is 12.3. The second-order valence-corrected chi connectivity index (χ2v) is 7.55. The van der Waals surface area contributed by atoms with E-state index in [4.69, 9.17) is 5.73 Å². The van der Waals surface area contributed by atoms with Crippen molar-refractivity contribution in [1.29, 1.82) is 0 Å². The number of benzene rings is 1. The number of nitrogens with one attached hydrogen (secondary N) is 1. The van der Waals surface area contributed by atoms with E-state index in [-0.39, 0.29) is 11.4 Å². The van der Waals surface area contributed by atoms with Gasteiger partial charge in [0, 0.05) is 17.6 Å². The second kappa shape index (κ2) is 6.01. The van der Waals surface area contributed by atoms with Crippen molar-refractivity contribution < 1.29 is 8.42 Å². The standard InChI is InChI=1S/C13H17N3O2S2/c1-9-3-4-11(6-14)5-12(9)20(17,18)16-8-13-15-7-10(2)19-13/h3-5,7,16H,6,8,14H2,1-2H3. The van der Waals surface area contributed by atoms with Gasteiger partial charge in [-0.2, -0.15) is 0 Å². The van der Waals surface area contributed by atoms with Gasteiger partial charge in [-0.15, -0.1) is 11.3 Å². The lowest BCUT2D eigenvalue weighted by atomic mass is 10.1. The van der Waals surface area contributed by atoms with Crippen molar-refractivity contribution in [3.8, 4) is 0 Å². The van der Waals surface area contributed by atoms with Crippen molar-refractivity contribution in [2.45, 2.75) is 31.8 Å². The summed E-state index contributed by atoms with van der Waals surface area (Å²) in [6, 6.07) is 5.22. The van der Waals surface area contributed by atoms with E-state index in [9.17, 15) is 8.42 Å². The number of hydrogen-bond acceptors (Lipinski definition) is 5. The van der Waals surface area contributed by atoms with Crippen LogP contribution in [-0.4, -0.2) is 13.4 Å². The molecule has 0 amide bonds. The van der Waals surface area contributed by atoms with Gasteiger partial charge in [0.1, 0.15) is 5.01 Å². The minimum atomic E-state index is -3.55. The fraction of sp³-hybridized carbons (Fsp3) is 0.308. The Kier molecular flexibility index (Phi) is 4.54. The molecule has 0 aliphatic rings. The summed E-state index contributed by atoms with van der Waals surface area (Å²) in [5, 5.41) is 0.749. The molecule has 5 nitrogen and oxygen atoms in total. The lowest BCUT2D eigenvalue weighted by molar-refractivity contribution is 0.580. The van der Waals surface area contributed by atoms with Crippen LogP contribution in [-0.2, 0) is 23.1 Å². The van der Waals surface area contributed by atoms with E-state index in [0.717, 1.165) is 15.4 Å². The highest BCUT2D eigenvalue weighted by Crippen LogP contribution is 2.18. The predicted octanol–water partition coefficient (Wildman–Crippen LogP) is 1.70. The van der Waals surface area contributed by atoms with Gasteiger partial charge in [-0.1, -0.05) is 12.1 Å². The van der Waals surface area contributed by atoms with Crippen molar-refractivity contribution in [3.05, 3.63) is 45.4 Å². The van der Waals surface area contributed by atoms with Gasteiger partial charge in [0.2, 0.25) is 10.0 Å². The minimum absolute atomic E-state index is 0.202. The zero-order valence-corrected chi connectivity index (χ0v) is 13.0. The summed E-state index contributed by atoms with van der Waals surface area (Å²) in [7, 11) is -3.55. The Morgan fingerprint density at radius 3 is 2.70 bits per heavy atom. The number of aryl methyl sites for hydroxylation is 2. The summed E-state index contributed by atoms with van der Waals surface area (Å²) in [5.41, 5.74) is 7.05. The third kappa shape index (κ3) is 3.43. The summed E-state index contributed by atoms with van der Waals surface area (Å²) < 4.78 is 27.2. The average molecular weight is 311 g/mol. The molecule has 0 aliphatic carbocycles. The predicted molar refractivity (Wildman–Crippen MR) is 79.9 cm³/mol. The normalized spacial score (nSPS) is 11.8. The molecule has 2 rings (SSSR count). The number of nitrogens with zero attached hydrogens (tertiary/aromatic N) is 1. The summed E-state index contributed by atoms with van der Waals surface area (Å²) >= 11 is 1.48. The Balaban J connectivity index is 2.21. The van der Waals surface area contributed by atoms with Gasteiger partial charge >= 0.3 is 0 Å². The smallest absolute Gasteiger partial charge is 0.241 e. The van der Waals surface area contributed by atoms with Gasteiger partial charge in [-0.3, -0.25) is 0 Å². The highest BCUT2D eigenvalue weighted by molar-refractivity contribution is 7.89. The molecule has 20 heavy (non-hydrogen) atoms. The first-order chi connectivity index (χ1) is 9.42. The van der Waals surface area contributed by atoms with E-state index < -0.39 is 10.0 Å². The lowest BCUT2D eigenvalue weighted by Crippen LogP contribution is -2.24. The first kappa shape index (κ1) is 15.1. The molecule has 0 saturated heterocycles. The molecule has 0 unspecified atom stereocenters. The van der Waals surface area contributed by atoms with Crippen LogP contribution < -0.4 is 10.5 Å². The molecule has 0 bridgehead atoms. The topological polar surface area (TPSA) is 85.1 Å². The van der Waals surface area contributed by atoms with Gasteiger partial charge in [0.25, 0.3) is 0 Å². The maximum atomic E-state index is 12.3. The van der Waals surface area contributed by atoms with Crippen LogP contribution in [0.2, 0.25) is 0 Å². The molecule has 3 N–H and O–H groups in total. The van der Waals surface area contributed by atoms with Crippen molar-refractivity contribution in [2.24, 2.45) is 5.73 Å². The van der Waals surface area contributed by atoms with Crippen molar-refractivity contribution >= 4 is 21.4 Å². The number of sulfonamides is 1. The number of hydrogen-bond donors (Lipinski definition) is 2. The van der Waals surface area contributed by atoms with E-state index in [1.165, 1.54) is 11.3 Å². The van der Waals surface area contributed by atoms with Crippen LogP contribution in [0.15, 0.2) is 29.3 Å². The fourth-order valence-electron chi connectivity index (χ4n) is 1.78. The third-order valence-corrected chi connectivity index (χ3v) is 5.32. The van der Waals surface area contributed by atoms with Crippen molar-refractivity contribution in [3.63, 3.8) is 0 Å². The highest BCUT2D eigenvalue weighted by Gasteiger charge is 2.17. The SMILES string of the molecule is Cc1cnc(CNS(=O)(=O)c2cc(CN)ccc2C)s1. The molecule has 0 fully saturated rings.